The van der Waals surface area contributed by atoms with E-state index in [-0.39, 0.29) is 5.75 Å². The molecule has 0 spiro atoms. The van der Waals surface area contributed by atoms with E-state index >= 15 is 0 Å². The van der Waals surface area contributed by atoms with Crippen LogP contribution in [0.3, 0.4) is 0 Å². The van der Waals surface area contributed by atoms with Gasteiger partial charge in [-0.2, -0.15) is 0 Å². The fraction of sp³-hybridized carbons (Fsp3) is 0.182. The van der Waals surface area contributed by atoms with Gasteiger partial charge in [-0.1, -0.05) is 41.9 Å². The average Bonchev–Trinajstić information content (AvgIpc) is 3.22. The zero-order chi connectivity index (χ0) is 22.6. The van der Waals surface area contributed by atoms with Gasteiger partial charge in [-0.15, -0.1) is 0 Å². The topological polar surface area (TPSA) is 100 Å². The fourth-order valence-electron chi connectivity index (χ4n) is 3.32. The highest BCUT2D eigenvalue weighted by molar-refractivity contribution is 7.92. The van der Waals surface area contributed by atoms with Crippen LogP contribution in [0.4, 0.5) is 11.5 Å². The minimum atomic E-state index is -3.49. The predicted molar refractivity (Wildman–Crippen MR) is 129 cm³/mol. The molecule has 0 radical (unpaired) electrons. The molecule has 2 heterocycles. The summed E-state index contributed by atoms with van der Waals surface area (Å²) in [6, 6.07) is 14.7. The van der Waals surface area contributed by atoms with Gasteiger partial charge < -0.3 is 10.6 Å². The van der Waals surface area contributed by atoms with E-state index in [9.17, 15) is 8.42 Å². The summed E-state index contributed by atoms with van der Waals surface area (Å²) in [6.45, 7) is 0.816. The Bertz CT molecular complexity index is 1320. The SMILES string of the molecule is CNc1nccn2c(-c3ccc(NS(=O)(=O)CCNCc4ccccc4Cl)cc3)cnc12. The first-order valence-corrected chi connectivity index (χ1v) is 12.0. The van der Waals surface area contributed by atoms with Gasteiger partial charge in [0.25, 0.3) is 0 Å². The average molecular weight is 471 g/mol. The highest BCUT2D eigenvalue weighted by Gasteiger charge is 2.12. The van der Waals surface area contributed by atoms with Crippen LogP contribution < -0.4 is 15.4 Å². The Morgan fingerprint density at radius 3 is 2.59 bits per heavy atom. The molecule has 166 valence electrons. The molecule has 0 fully saturated rings. The molecule has 0 bridgehead atoms. The monoisotopic (exact) mass is 470 g/mol. The van der Waals surface area contributed by atoms with Crippen LogP contribution >= 0.6 is 11.6 Å². The molecular formula is C22H23ClN6O2S. The van der Waals surface area contributed by atoms with E-state index in [0.717, 1.165) is 22.5 Å². The van der Waals surface area contributed by atoms with Crippen molar-refractivity contribution in [3.8, 4) is 11.3 Å². The van der Waals surface area contributed by atoms with Gasteiger partial charge in [0, 0.05) is 48.8 Å². The summed E-state index contributed by atoms with van der Waals surface area (Å²) in [5.74, 6) is 0.637. The van der Waals surface area contributed by atoms with Crippen molar-refractivity contribution >= 4 is 38.8 Å². The Balaban J connectivity index is 1.37. The van der Waals surface area contributed by atoms with Crippen LogP contribution in [0.25, 0.3) is 16.9 Å². The first-order chi connectivity index (χ1) is 15.5. The number of halogens is 1. The molecule has 8 nitrogen and oxygen atoms in total. The third-order valence-electron chi connectivity index (χ3n) is 4.94. The molecule has 0 aliphatic heterocycles. The van der Waals surface area contributed by atoms with Crippen LogP contribution in [0, 0.1) is 0 Å². The minimum absolute atomic E-state index is 0.0493. The van der Waals surface area contributed by atoms with E-state index in [1.807, 2.05) is 47.0 Å². The number of benzene rings is 2. The summed E-state index contributed by atoms with van der Waals surface area (Å²) in [4.78, 5) is 8.68. The molecular weight excluding hydrogens is 448 g/mol. The number of hydrogen-bond donors (Lipinski definition) is 3. The first-order valence-electron chi connectivity index (χ1n) is 10.0. The van der Waals surface area contributed by atoms with Gasteiger partial charge in [0.2, 0.25) is 10.0 Å². The summed E-state index contributed by atoms with van der Waals surface area (Å²) in [5, 5.41) is 6.79. The smallest absolute Gasteiger partial charge is 0.233 e. The van der Waals surface area contributed by atoms with Crippen molar-refractivity contribution in [1.82, 2.24) is 19.7 Å². The van der Waals surface area contributed by atoms with Crippen LogP contribution in [0.1, 0.15) is 5.56 Å². The molecule has 4 aromatic rings. The maximum absolute atomic E-state index is 12.4. The molecule has 10 heteroatoms. The molecule has 0 unspecified atom stereocenters. The van der Waals surface area contributed by atoms with Gasteiger partial charge in [-0.05, 0) is 23.8 Å². The number of rotatable bonds is 9. The van der Waals surface area contributed by atoms with Gasteiger partial charge in [0.1, 0.15) is 0 Å². The Morgan fingerprint density at radius 2 is 1.84 bits per heavy atom. The lowest BCUT2D eigenvalue weighted by molar-refractivity contribution is 0.595. The Morgan fingerprint density at radius 1 is 1.06 bits per heavy atom. The molecule has 3 N–H and O–H groups in total. The van der Waals surface area contributed by atoms with Crippen molar-refractivity contribution in [2.45, 2.75) is 6.54 Å². The third kappa shape index (κ3) is 5.01. The van der Waals surface area contributed by atoms with E-state index in [0.29, 0.717) is 29.6 Å². The molecule has 2 aromatic heterocycles. The summed E-state index contributed by atoms with van der Waals surface area (Å²) in [6.07, 6.45) is 5.30. The molecule has 4 rings (SSSR count). The van der Waals surface area contributed by atoms with Gasteiger partial charge in [0.05, 0.1) is 17.6 Å². The van der Waals surface area contributed by atoms with E-state index in [1.54, 1.807) is 31.6 Å². The number of nitrogens with one attached hydrogen (secondary N) is 3. The normalized spacial score (nSPS) is 11.6. The van der Waals surface area contributed by atoms with E-state index < -0.39 is 10.0 Å². The maximum Gasteiger partial charge on any atom is 0.233 e. The summed E-state index contributed by atoms with van der Waals surface area (Å²) >= 11 is 6.12. The lowest BCUT2D eigenvalue weighted by Crippen LogP contribution is -2.26. The summed E-state index contributed by atoms with van der Waals surface area (Å²) < 4.78 is 29.4. The van der Waals surface area contributed by atoms with Crippen LogP contribution in [0.5, 0.6) is 0 Å². The zero-order valence-electron chi connectivity index (χ0n) is 17.4. The van der Waals surface area contributed by atoms with Gasteiger partial charge in [-0.25, -0.2) is 18.4 Å². The second-order valence-electron chi connectivity index (χ2n) is 7.13. The highest BCUT2D eigenvalue weighted by Crippen LogP contribution is 2.25. The van der Waals surface area contributed by atoms with Crippen LogP contribution in [-0.2, 0) is 16.6 Å². The lowest BCUT2D eigenvalue weighted by Gasteiger charge is -2.10. The standard InChI is InChI=1S/C22H23ClN6O2S/c1-24-21-22-27-15-20(29(22)12-10-26-21)16-6-8-18(9-7-16)28-32(30,31)13-11-25-14-17-4-2-3-5-19(17)23/h2-10,12,15,25,28H,11,13-14H2,1H3,(H,24,26). The molecule has 0 aliphatic carbocycles. The second kappa shape index (κ2) is 9.56. The number of nitrogens with zero attached hydrogens (tertiary/aromatic N) is 3. The molecule has 0 saturated carbocycles. The largest absolute Gasteiger partial charge is 0.370 e. The van der Waals surface area contributed by atoms with Crippen molar-refractivity contribution in [2.75, 3.05) is 29.4 Å². The molecule has 0 amide bonds. The van der Waals surface area contributed by atoms with Gasteiger partial charge in [0.15, 0.2) is 11.5 Å². The Kier molecular flexibility index (Phi) is 6.59. The third-order valence-corrected chi connectivity index (χ3v) is 6.60. The molecule has 0 atom stereocenters. The number of aromatic nitrogens is 3. The maximum atomic E-state index is 12.4. The lowest BCUT2D eigenvalue weighted by atomic mass is 10.1. The van der Waals surface area contributed by atoms with Crippen molar-refractivity contribution < 1.29 is 8.42 Å². The number of imidazole rings is 1. The Hall–Kier alpha value is -3.14. The summed E-state index contributed by atoms with van der Waals surface area (Å²) in [7, 11) is -1.69. The van der Waals surface area contributed by atoms with E-state index in [2.05, 4.69) is 25.3 Å². The van der Waals surface area contributed by atoms with Crippen molar-refractivity contribution in [2.24, 2.45) is 0 Å². The number of hydrogen-bond acceptors (Lipinski definition) is 6. The second-order valence-corrected chi connectivity index (χ2v) is 9.38. The quantitative estimate of drug-likeness (QED) is 0.323. The van der Waals surface area contributed by atoms with Crippen LogP contribution in [-0.4, -0.2) is 42.1 Å². The van der Waals surface area contributed by atoms with Gasteiger partial charge >= 0.3 is 0 Å². The van der Waals surface area contributed by atoms with E-state index in [4.69, 9.17) is 11.6 Å². The Labute approximate surface area is 191 Å². The number of fused-ring (bicyclic) bond motifs is 1. The number of sulfonamides is 1. The molecule has 0 aliphatic rings. The van der Waals surface area contributed by atoms with Crippen molar-refractivity contribution in [1.29, 1.82) is 0 Å². The van der Waals surface area contributed by atoms with Crippen LogP contribution in [0.2, 0.25) is 5.02 Å². The molecule has 2 aromatic carbocycles. The van der Waals surface area contributed by atoms with E-state index in [1.165, 1.54) is 0 Å². The number of anilines is 2. The molecule has 0 saturated heterocycles. The fourth-order valence-corrected chi connectivity index (χ4v) is 4.53. The van der Waals surface area contributed by atoms with Gasteiger partial charge in [-0.3, -0.25) is 9.12 Å². The molecule has 32 heavy (non-hydrogen) atoms. The van der Waals surface area contributed by atoms with Crippen LogP contribution in [0.15, 0.2) is 67.1 Å². The minimum Gasteiger partial charge on any atom is -0.370 e. The van der Waals surface area contributed by atoms with Crippen molar-refractivity contribution in [3.05, 3.63) is 77.7 Å². The summed E-state index contributed by atoms with van der Waals surface area (Å²) in [5.41, 5.74) is 3.96. The first kappa shape index (κ1) is 22.1. The predicted octanol–water partition coefficient (Wildman–Crippen LogP) is 3.62. The van der Waals surface area contributed by atoms with Crippen molar-refractivity contribution in [3.63, 3.8) is 0 Å². The highest BCUT2D eigenvalue weighted by atomic mass is 35.5. The zero-order valence-corrected chi connectivity index (χ0v) is 19.0.